The second-order valence-corrected chi connectivity index (χ2v) is 4.92. The number of pyridine rings is 1. The molecule has 0 unspecified atom stereocenters. The Kier molecular flexibility index (Phi) is 2.79. The molecule has 2 N–H and O–H groups in total. The molecule has 0 aliphatic carbocycles. The number of nitrogens with zero attached hydrogens (tertiary/aromatic N) is 3. The summed E-state index contributed by atoms with van der Waals surface area (Å²) in [5.74, 6) is -0.483. The van der Waals surface area contributed by atoms with E-state index in [-0.39, 0.29) is 0 Å². The van der Waals surface area contributed by atoms with Gasteiger partial charge in [-0.15, -0.1) is 0 Å². The maximum atomic E-state index is 11.6. The Morgan fingerprint density at radius 3 is 2.63 bits per heavy atom. The molecule has 0 spiro atoms. The Balaban J connectivity index is 2.35. The minimum Gasteiger partial charge on any atom is -0.366 e. The van der Waals surface area contributed by atoms with Gasteiger partial charge in [0.05, 0.1) is 5.56 Å². The topological polar surface area (TPSA) is 73.3 Å². The third-order valence-corrected chi connectivity index (χ3v) is 3.38. The molecular weight excluding hydrogens is 308 g/mol. The van der Waals surface area contributed by atoms with Crippen molar-refractivity contribution in [1.82, 2.24) is 14.6 Å². The highest BCUT2D eigenvalue weighted by Gasteiger charge is 2.15. The minimum atomic E-state index is -0.483. The van der Waals surface area contributed by atoms with Gasteiger partial charge in [-0.1, -0.05) is 28.1 Å². The maximum absolute atomic E-state index is 11.6. The van der Waals surface area contributed by atoms with Crippen molar-refractivity contribution < 1.29 is 4.79 Å². The summed E-state index contributed by atoms with van der Waals surface area (Å²) in [5.41, 5.74) is 8.04. The van der Waals surface area contributed by atoms with Gasteiger partial charge in [-0.2, -0.15) is 5.10 Å². The van der Waals surface area contributed by atoms with E-state index in [1.54, 1.807) is 16.8 Å². The number of rotatable bonds is 2. The van der Waals surface area contributed by atoms with Crippen molar-refractivity contribution in [2.75, 3.05) is 0 Å². The molecule has 3 aromatic rings. The smallest absolute Gasteiger partial charge is 0.249 e. The molecule has 0 radical (unpaired) electrons. The average molecular weight is 317 g/mol. The third-order valence-electron chi connectivity index (χ3n) is 2.85. The fourth-order valence-corrected chi connectivity index (χ4v) is 2.26. The van der Waals surface area contributed by atoms with Crippen LogP contribution in [0.2, 0.25) is 0 Å². The van der Waals surface area contributed by atoms with E-state index in [9.17, 15) is 4.79 Å². The predicted octanol–water partition coefficient (Wildman–Crippen LogP) is 2.26. The van der Waals surface area contributed by atoms with Crippen molar-refractivity contribution in [3.8, 4) is 11.1 Å². The predicted molar refractivity (Wildman–Crippen MR) is 74.6 cm³/mol. The summed E-state index contributed by atoms with van der Waals surface area (Å²) in [6.07, 6.45) is 3.12. The van der Waals surface area contributed by atoms with Crippen LogP contribution in [-0.4, -0.2) is 20.5 Å². The maximum Gasteiger partial charge on any atom is 0.249 e. The van der Waals surface area contributed by atoms with Crippen LogP contribution in [0, 0.1) is 0 Å². The zero-order valence-electron chi connectivity index (χ0n) is 9.75. The molecule has 1 amide bonds. The quantitative estimate of drug-likeness (QED) is 0.788. The van der Waals surface area contributed by atoms with Crippen LogP contribution < -0.4 is 5.73 Å². The van der Waals surface area contributed by atoms with Crippen molar-refractivity contribution in [2.24, 2.45) is 5.73 Å². The summed E-state index contributed by atoms with van der Waals surface area (Å²) in [6, 6.07) is 9.27. The van der Waals surface area contributed by atoms with E-state index in [1.807, 2.05) is 24.3 Å². The van der Waals surface area contributed by atoms with Crippen molar-refractivity contribution in [1.29, 1.82) is 0 Å². The van der Waals surface area contributed by atoms with Crippen LogP contribution in [0.5, 0.6) is 0 Å². The van der Waals surface area contributed by atoms with Crippen molar-refractivity contribution in [3.05, 3.63) is 52.9 Å². The number of benzene rings is 1. The Morgan fingerprint density at radius 1 is 1.21 bits per heavy atom. The molecule has 3 rings (SSSR count). The van der Waals surface area contributed by atoms with Crippen LogP contribution in [0.1, 0.15) is 10.4 Å². The monoisotopic (exact) mass is 316 g/mol. The number of primary amides is 1. The van der Waals surface area contributed by atoms with Crippen LogP contribution in [0.4, 0.5) is 0 Å². The molecule has 2 heterocycles. The van der Waals surface area contributed by atoms with Crippen LogP contribution >= 0.6 is 15.9 Å². The Hall–Kier alpha value is -2.21. The first kappa shape index (κ1) is 11.9. The van der Waals surface area contributed by atoms with E-state index in [0.717, 1.165) is 10.0 Å². The summed E-state index contributed by atoms with van der Waals surface area (Å²) < 4.78 is 2.58. The van der Waals surface area contributed by atoms with E-state index in [0.29, 0.717) is 16.8 Å². The van der Waals surface area contributed by atoms with Gasteiger partial charge in [0.1, 0.15) is 6.33 Å². The van der Waals surface area contributed by atoms with E-state index in [2.05, 4.69) is 26.0 Å². The van der Waals surface area contributed by atoms with Gasteiger partial charge in [0.2, 0.25) is 5.91 Å². The SMILES string of the molecule is NC(=O)c1ccn2ncnc2c1-c1ccc(Br)cc1. The summed E-state index contributed by atoms with van der Waals surface area (Å²) in [4.78, 5) is 15.8. The summed E-state index contributed by atoms with van der Waals surface area (Å²) in [7, 11) is 0. The average Bonchev–Trinajstić information content (AvgIpc) is 2.86. The lowest BCUT2D eigenvalue weighted by Gasteiger charge is -2.08. The van der Waals surface area contributed by atoms with Crippen molar-refractivity contribution in [3.63, 3.8) is 0 Å². The fourth-order valence-electron chi connectivity index (χ4n) is 1.99. The number of nitrogens with two attached hydrogens (primary N) is 1. The molecule has 1 aromatic carbocycles. The van der Waals surface area contributed by atoms with E-state index >= 15 is 0 Å². The van der Waals surface area contributed by atoms with Gasteiger partial charge in [0.15, 0.2) is 5.65 Å². The molecule has 0 aliphatic rings. The second-order valence-electron chi connectivity index (χ2n) is 4.00. The molecule has 19 heavy (non-hydrogen) atoms. The standard InChI is InChI=1S/C13H9BrN4O/c14-9-3-1-8(2-4-9)11-10(12(15)19)5-6-18-13(11)16-7-17-18/h1-7H,(H2,15,19). The van der Waals surface area contributed by atoms with Crippen LogP contribution in [-0.2, 0) is 0 Å². The van der Waals surface area contributed by atoms with Gasteiger partial charge >= 0.3 is 0 Å². The second kappa shape index (κ2) is 4.47. The number of hydrogen-bond acceptors (Lipinski definition) is 3. The number of carbonyl (C=O) groups is 1. The Morgan fingerprint density at radius 2 is 1.95 bits per heavy atom. The van der Waals surface area contributed by atoms with Gasteiger partial charge in [0.25, 0.3) is 0 Å². The molecule has 5 nitrogen and oxygen atoms in total. The number of hydrogen-bond donors (Lipinski definition) is 1. The van der Waals surface area contributed by atoms with E-state index < -0.39 is 5.91 Å². The zero-order valence-corrected chi connectivity index (χ0v) is 11.3. The van der Waals surface area contributed by atoms with Crippen molar-refractivity contribution in [2.45, 2.75) is 0 Å². The van der Waals surface area contributed by atoms with Crippen LogP contribution in [0.15, 0.2) is 47.3 Å². The van der Waals surface area contributed by atoms with Crippen LogP contribution in [0.3, 0.4) is 0 Å². The summed E-state index contributed by atoms with van der Waals surface area (Å²) >= 11 is 3.38. The highest BCUT2D eigenvalue weighted by atomic mass is 79.9. The first-order valence-corrected chi connectivity index (χ1v) is 6.34. The molecule has 0 aliphatic heterocycles. The molecule has 0 saturated carbocycles. The summed E-state index contributed by atoms with van der Waals surface area (Å²) in [5, 5.41) is 4.07. The first-order valence-electron chi connectivity index (χ1n) is 5.55. The Labute approximate surface area is 117 Å². The van der Waals surface area contributed by atoms with Gasteiger partial charge < -0.3 is 5.73 Å². The molecule has 0 saturated heterocycles. The number of carbonyl (C=O) groups excluding carboxylic acids is 1. The lowest BCUT2D eigenvalue weighted by Crippen LogP contribution is -2.13. The lowest BCUT2D eigenvalue weighted by atomic mass is 10.0. The van der Waals surface area contributed by atoms with E-state index in [4.69, 9.17) is 5.73 Å². The summed E-state index contributed by atoms with van der Waals surface area (Å²) in [6.45, 7) is 0. The third kappa shape index (κ3) is 2.00. The number of fused-ring (bicyclic) bond motifs is 1. The highest BCUT2D eigenvalue weighted by Crippen LogP contribution is 2.28. The molecule has 0 bridgehead atoms. The van der Waals surface area contributed by atoms with Gasteiger partial charge in [-0.3, -0.25) is 4.79 Å². The lowest BCUT2D eigenvalue weighted by molar-refractivity contribution is 0.100. The molecule has 0 atom stereocenters. The van der Waals surface area contributed by atoms with Gasteiger partial charge in [-0.25, -0.2) is 9.50 Å². The molecular formula is C13H9BrN4O. The highest BCUT2D eigenvalue weighted by molar-refractivity contribution is 9.10. The fraction of sp³-hybridized carbons (Fsp3) is 0. The van der Waals surface area contributed by atoms with E-state index in [1.165, 1.54) is 6.33 Å². The van der Waals surface area contributed by atoms with Crippen LogP contribution in [0.25, 0.3) is 16.8 Å². The first-order chi connectivity index (χ1) is 9.16. The number of halogens is 1. The van der Waals surface area contributed by atoms with Gasteiger partial charge in [0, 0.05) is 16.2 Å². The molecule has 94 valence electrons. The largest absolute Gasteiger partial charge is 0.366 e. The molecule has 0 fully saturated rings. The minimum absolute atomic E-state index is 0.433. The Bertz CT molecular complexity index is 764. The molecule has 2 aromatic heterocycles. The van der Waals surface area contributed by atoms with Gasteiger partial charge in [-0.05, 0) is 23.8 Å². The van der Waals surface area contributed by atoms with Crippen molar-refractivity contribution >= 4 is 27.5 Å². The zero-order chi connectivity index (χ0) is 13.4. The normalized spacial score (nSPS) is 10.8. The number of amides is 1. The molecule has 6 heteroatoms. The number of aromatic nitrogens is 3.